The summed E-state index contributed by atoms with van der Waals surface area (Å²) in [6, 6.07) is 19.2. The third kappa shape index (κ3) is 6.27. The molecular weight excluding hydrogens is 515 g/mol. The highest BCUT2D eigenvalue weighted by molar-refractivity contribution is 9.10. The largest absolute Gasteiger partial charge is 0.496 e. The molecule has 8 heteroatoms. The summed E-state index contributed by atoms with van der Waals surface area (Å²) in [7, 11) is 1.56. The molecule has 0 aromatic heterocycles. The zero-order chi connectivity index (χ0) is 23.1. The molecule has 0 aliphatic heterocycles. The van der Waals surface area contributed by atoms with Crippen LogP contribution in [0.2, 0.25) is 10.0 Å². The molecule has 0 fully saturated rings. The number of carbonyl (C=O) groups excluding carboxylic acids is 1. The third-order valence-electron chi connectivity index (χ3n) is 4.37. The van der Waals surface area contributed by atoms with E-state index in [2.05, 4.69) is 21.2 Å². The van der Waals surface area contributed by atoms with Crippen LogP contribution in [0.5, 0.6) is 11.5 Å². The molecule has 0 saturated carbocycles. The Kier molecular flexibility index (Phi) is 8.18. The normalized spacial score (nSPS) is 10.9. The smallest absolute Gasteiger partial charge is 0.266 e. The molecule has 3 aromatic rings. The first kappa shape index (κ1) is 23.7. The van der Waals surface area contributed by atoms with Crippen LogP contribution in [0.3, 0.4) is 0 Å². The number of nitriles is 1. The van der Waals surface area contributed by atoms with Gasteiger partial charge in [-0.2, -0.15) is 5.26 Å². The fourth-order valence-electron chi connectivity index (χ4n) is 2.72. The van der Waals surface area contributed by atoms with Crippen molar-refractivity contribution in [1.29, 1.82) is 5.26 Å². The summed E-state index contributed by atoms with van der Waals surface area (Å²) in [4.78, 5) is 12.5. The molecule has 32 heavy (non-hydrogen) atoms. The Balaban J connectivity index is 1.64. The zero-order valence-corrected chi connectivity index (χ0v) is 20.0. The van der Waals surface area contributed by atoms with Crippen LogP contribution in [0, 0.1) is 11.3 Å². The number of anilines is 1. The van der Waals surface area contributed by atoms with E-state index in [0.717, 1.165) is 10.0 Å². The average Bonchev–Trinajstić information content (AvgIpc) is 2.78. The van der Waals surface area contributed by atoms with Gasteiger partial charge in [-0.05, 0) is 76.1 Å². The minimum Gasteiger partial charge on any atom is -0.496 e. The van der Waals surface area contributed by atoms with Gasteiger partial charge in [-0.1, -0.05) is 35.3 Å². The molecule has 0 radical (unpaired) electrons. The van der Waals surface area contributed by atoms with Crippen molar-refractivity contribution in [3.05, 3.63) is 91.9 Å². The van der Waals surface area contributed by atoms with Gasteiger partial charge in [0.1, 0.15) is 29.7 Å². The number of hydrogen-bond donors (Lipinski definition) is 1. The Bertz CT molecular complexity index is 1200. The van der Waals surface area contributed by atoms with Gasteiger partial charge in [0.15, 0.2) is 0 Å². The summed E-state index contributed by atoms with van der Waals surface area (Å²) in [5.41, 5.74) is 2.00. The summed E-state index contributed by atoms with van der Waals surface area (Å²) in [5, 5.41) is 13.2. The quantitative estimate of drug-likeness (QED) is 0.266. The molecule has 0 heterocycles. The van der Waals surface area contributed by atoms with Crippen LogP contribution < -0.4 is 14.8 Å². The predicted molar refractivity (Wildman–Crippen MR) is 130 cm³/mol. The molecule has 3 rings (SSSR count). The van der Waals surface area contributed by atoms with Gasteiger partial charge < -0.3 is 14.8 Å². The van der Waals surface area contributed by atoms with Gasteiger partial charge >= 0.3 is 0 Å². The zero-order valence-electron chi connectivity index (χ0n) is 16.9. The predicted octanol–water partition coefficient (Wildman–Crippen LogP) is 6.89. The number of nitrogens with zero attached hydrogens (tertiary/aromatic N) is 1. The van der Waals surface area contributed by atoms with Crippen molar-refractivity contribution in [3.63, 3.8) is 0 Å². The minimum atomic E-state index is -0.513. The number of ether oxygens (including phenoxy) is 2. The highest BCUT2D eigenvalue weighted by Crippen LogP contribution is 2.27. The van der Waals surface area contributed by atoms with Crippen molar-refractivity contribution < 1.29 is 14.3 Å². The monoisotopic (exact) mass is 530 g/mol. The number of halogens is 3. The van der Waals surface area contributed by atoms with E-state index in [1.165, 1.54) is 6.08 Å². The second-order valence-corrected chi connectivity index (χ2v) is 8.26. The van der Waals surface area contributed by atoms with E-state index in [-0.39, 0.29) is 12.2 Å². The fraction of sp³-hybridized carbons (Fsp3) is 0.0833. The van der Waals surface area contributed by atoms with Crippen molar-refractivity contribution in [2.24, 2.45) is 0 Å². The number of carbonyl (C=O) groups is 1. The lowest BCUT2D eigenvalue weighted by atomic mass is 10.1. The number of rotatable bonds is 7. The van der Waals surface area contributed by atoms with Crippen molar-refractivity contribution in [2.45, 2.75) is 6.61 Å². The Morgan fingerprint density at radius 1 is 1.12 bits per heavy atom. The molecule has 3 aromatic carbocycles. The van der Waals surface area contributed by atoms with Crippen molar-refractivity contribution in [3.8, 4) is 17.6 Å². The first-order chi connectivity index (χ1) is 15.4. The standard InChI is InChI=1S/C24H17BrCl2N2O3/c1-31-23-9-2-15(11-21(23)25)10-17(13-28)24(30)29-19-5-7-20(8-6-19)32-14-16-3-4-18(26)12-22(16)27/h2-12H,14H2,1H3,(H,29,30)/b17-10+. The van der Waals surface area contributed by atoms with Crippen LogP contribution in [0.25, 0.3) is 6.08 Å². The van der Waals surface area contributed by atoms with E-state index in [1.807, 2.05) is 6.07 Å². The Hall–Kier alpha value is -2.98. The van der Waals surface area contributed by atoms with Crippen LogP contribution in [0.1, 0.15) is 11.1 Å². The molecule has 0 saturated heterocycles. The number of benzene rings is 3. The summed E-state index contributed by atoms with van der Waals surface area (Å²) in [6.45, 7) is 0.278. The van der Waals surface area contributed by atoms with Crippen molar-refractivity contribution >= 4 is 56.8 Å². The maximum absolute atomic E-state index is 12.5. The average molecular weight is 532 g/mol. The van der Waals surface area contributed by atoms with Gasteiger partial charge in [-0.15, -0.1) is 0 Å². The van der Waals surface area contributed by atoms with Gasteiger partial charge in [-0.3, -0.25) is 4.79 Å². The van der Waals surface area contributed by atoms with Gasteiger partial charge in [-0.25, -0.2) is 0 Å². The van der Waals surface area contributed by atoms with Crippen LogP contribution in [-0.2, 0) is 11.4 Å². The van der Waals surface area contributed by atoms with Crippen LogP contribution >= 0.6 is 39.1 Å². The van der Waals surface area contributed by atoms with Gasteiger partial charge in [0, 0.05) is 21.3 Å². The molecule has 0 atom stereocenters. The third-order valence-corrected chi connectivity index (χ3v) is 5.58. The molecule has 0 spiro atoms. The topological polar surface area (TPSA) is 71.3 Å². The van der Waals surface area contributed by atoms with Crippen LogP contribution in [-0.4, -0.2) is 13.0 Å². The highest BCUT2D eigenvalue weighted by Gasteiger charge is 2.11. The lowest BCUT2D eigenvalue weighted by molar-refractivity contribution is -0.112. The highest BCUT2D eigenvalue weighted by atomic mass is 79.9. The molecule has 162 valence electrons. The van der Waals surface area contributed by atoms with E-state index in [1.54, 1.807) is 67.8 Å². The first-order valence-corrected chi connectivity index (χ1v) is 10.9. The first-order valence-electron chi connectivity index (χ1n) is 9.33. The van der Waals surface area contributed by atoms with Gasteiger partial charge in [0.05, 0.1) is 11.6 Å². The molecule has 0 aliphatic rings. The maximum atomic E-state index is 12.5. The molecule has 0 bridgehead atoms. The number of hydrogen-bond acceptors (Lipinski definition) is 4. The van der Waals surface area contributed by atoms with E-state index in [0.29, 0.717) is 32.8 Å². The number of nitrogens with one attached hydrogen (secondary N) is 1. The van der Waals surface area contributed by atoms with Crippen molar-refractivity contribution in [2.75, 3.05) is 12.4 Å². The van der Waals surface area contributed by atoms with Gasteiger partial charge in [0.2, 0.25) is 0 Å². The second-order valence-electron chi connectivity index (χ2n) is 6.57. The molecule has 1 N–H and O–H groups in total. The summed E-state index contributed by atoms with van der Waals surface area (Å²) in [6.07, 6.45) is 1.51. The van der Waals surface area contributed by atoms with E-state index in [4.69, 9.17) is 32.7 Å². The van der Waals surface area contributed by atoms with E-state index in [9.17, 15) is 10.1 Å². The molecule has 0 aliphatic carbocycles. The minimum absolute atomic E-state index is 0.0280. The lowest BCUT2D eigenvalue weighted by Crippen LogP contribution is -2.13. The Morgan fingerprint density at radius 2 is 1.88 bits per heavy atom. The number of methoxy groups -OCH3 is 1. The SMILES string of the molecule is COc1ccc(/C=C(\C#N)C(=O)Nc2ccc(OCc3ccc(Cl)cc3Cl)cc2)cc1Br. The van der Waals surface area contributed by atoms with Gasteiger partial charge in [0.25, 0.3) is 5.91 Å². The Morgan fingerprint density at radius 3 is 2.50 bits per heavy atom. The van der Waals surface area contributed by atoms with Crippen LogP contribution in [0.15, 0.2) is 70.7 Å². The molecule has 0 unspecified atom stereocenters. The van der Waals surface area contributed by atoms with Crippen LogP contribution in [0.4, 0.5) is 5.69 Å². The Labute approximate surface area is 204 Å². The van der Waals surface area contributed by atoms with Crippen molar-refractivity contribution in [1.82, 2.24) is 0 Å². The maximum Gasteiger partial charge on any atom is 0.266 e. The molecule has 1 amide bonds. The molecule has 5 nitrogen and oxygen atoms in total. The summed E-state index contributed by atoms with van der Waals surface area (Å²) in [5.74, 6) is 0.750. The summed E-state index contributed by atoms with van der Waals surface area (Å²) < 4.78 is 11.6. The lowest BCUT2D eigenvalue weighted by Gasteiger charge is -2.10. The van der Waals surface area contributed by atoms with E-state index >= 15 is 0 Å². The molecular formula is C24H17BrCl2N2O3. The second kappa shape index (κ2) is 11.1. The van der Waals surface area contributed by atoms with E-state index < -0.39 is 5.91 Å². The fourth-order valence-corrected chi connectivity index (χ4v) is 3.74. The summed E-state index contributed by atoms with van der Waals surface area (Å²) >= 11 is 15.4. The number of amides is 1.